The van der Waals surface area contributed by atoms with Crippen molar-refractivity contribution in [2.45, 2.75) is 303 Å². The van der Waals surface area contributed by atoms with Crippen molar-refractivity contribution in [1.82, 2.24) is 0 Å². The molecule has 0 aliphatic heterocycles. The summed E-state index contributed by atoms with van der Waals surface area (Å²) in [6.45, 7) is 4.46. The van der Waals surface area contributed by atoms with Crippen LogP contribution < -0.4 is 0 Å². The van der Waals surface area contributed by atoms with Gasteiger partial charge in [0.1, 0.15) is 12.7 Å². The van der Waals surface area contributed by atoms with Crippen molar-refractivity contribution in [3.05, 3.63) is 72.9 Å². The minimum Gasteiger partial charge on any atom is -0.462 e. The summed E-state index contributed by atoms with van der Waals surface area (Å²) in [4.78, 5) is 48.7. The van der Waals surface area contributed by atoms with Gasteiger partial charge >= 0.3 is 25.7 Å². The van der Waals surface area contributed by atoms with E-state index in [1.165, 1.54) is 154 Å². The smallest absolute Gasteiger partial charge is 0.462 e. The van der Waals surface area contributed by atoms with Crippen molar-refractivity contribution in [3.63, 3.8) is 0 Å². The van der Waals surface area contributed by atoms with Gasteiger partial charge < -0.3 is 24.2 Å². The number of rotatable bonds is 59. The summed E-state index contributed by atoms with van der Waals surface area (Å²) in [5.74, 6) is -1.54. The number of carbonyl (C=O) groups is 3. The Balaban J connectivity index is 4.73. The van der Waals surface area contributed by atoms with Crippen LogP contribution in [-0.4, -0.2) is 66.5 Å². The molecule has 0 saturated heterocycles. The molecular weight excluding hydrogens is 1000 g/mol. The highest BCUT2D eigenvalue weighted by atomic mass is 31.2. The van der Waals surface area contributed by atoms with Crippen LogP contribution in [0.2, 0.25) is 0 Å². The molecule has 0 saturated carbocycles. The molecule has 12 heteroatoms. The van der Waals surface area contributed by atoms with Gasteiger partial charge in [0.15, 0.2) is 6.10 Å². The highest BCUT2D eigenvalue weighted by molar-refractivity contribution is 7.47. The Morgan fingerprint density at radius 2 is 0.692 bits per heavy atom. The minimum atomic E-state index is -4.77. The first kappa shape index (κ1) is 74.9. The molecule has 3 atom stereocenters. The summed E-state index contributed by atoms with van der Waals surface area (Å²) < 4.78 is 39.6. The zero-order valence-corrected chi connectivity index (χ0v) is 51.0. The molecule has 0 radical (unpaired) electrons. The fourth-order valence-electron chi connectivity index (χ4n) is 8.81. The Morgan fingerprint density at radius 1 is 0.372 bits per heavy atom. The van der Waals surface area contributed by atoms with E-state index in [0.29, 0.717) is 19.3 Å². The lowest BCUT2D eigenvalue weighted by atomic mass is 10.0. The number of unbranched alkanes of at least 4 members (excludes halogenated alkanes) is 30. The first-order chi connectivity index (χ1) is 38.2. The van der Waals surface area contributed by atoms with Gasteiger partial charge in [-0.3, -0.25) is 23.4 Å². The third kappa shape index (κ3) is 57.6. The molecule has 0 heterocycles. The van der Waals surface area contributed by atoms with E-state index in [2.05, 4.69) is 81.5 Å². The number of carbonyl (C=O) groups excluding carboxylic acids is 3. The SMILES string of the molecule is CC/C=C\C/C=C\C/C=C\C/C=C\CCC(=O)OC(CO)COP(=O)(O)OCC(COC(=O)CCCCCCCCCCCCCCCCCCCCC)OC(=O)CCCCCCCCCCC/C=C\C/C=C\CCCCC. The molecule has 0 amide bonds. The fraction of sp³-hybridized carbons (Fsp3) is 0.773. The molecule has 0 aliphatic rings. The molecule has 0 spiro atoms. The van der Waals surface area contributed by atoms with E-state index in [9.17, 15) is 28.9 Å². The summed E-state index contributed by atoms with van der Waals surface area (Å²) in [6, 6.07) is 0. The summed E-state index contributed by atoms with van der Waals surface area (Å²) in [5.41, 5.74) is 0. The number of allylic oxidation sites excluding steroid dienone is 12. The molecule has 0 fully saturated rings. The maximum absolute atomic E-state index is 13.0. The zero-order valence-electron chi connectivity index (χ0n) is 50.1. The summed E-state index contributed by atoms with van der Waals surface area (Å²) in [7, 11) is -4.77. The number of ether oxygens (including phenoxy) is 3. The normalized spacial score (nSPS) is 13.8. The highest BCUT2D eigenvalue weighted by Crippen LogP contribution is 2.43. The molecule has 3 unspecified atom stereocenters. The lowest BCUT2D eigenvalue weighted by Gasteiger charge is -2.21. The molecule has 11 nitrogen and oxygen atoms in total. The van der Waals surface area contributed by atoms with E-state index in [4.69, 9.17) is 23.3 Å². The summed E-state index contributed by atoms with van der Waals surface area (Å²) in [6.07, 6.45) is 68.8. The van der Waals surface area contributed by atoms with Crippen LogP contribution in [0.15, 0.2) is 72.9 Å². The standard InChI is InChI=1S/C66H117O11P/c1-4-7-10-13-16-19-22-25-27-29-31-33-35-38-40-43-46-49-52-55-64(68)73-59-63(77-66(70)57-54-51-48-45-42-39-36-34-32-30-28-26-23-20-17-14-11-8-5-2)61-75-78(71,72)74-60-62(58-67)76-65(69)56-53-50-47-44-41-37-24-21-18-15-12-9-6-3/h9,12,17-18,20-21,26,28,37,41,47,50,62-63,67H,4-8,10-11,13-16,19,22-25,27,29-36,38-40,42-46,48-49,51-61H2,1-3H3,(H,71,72)/b12-9-,20-17-,21-18-,28-26-,41-37-,50-47-. The van der Waals surface area contributed by atoms with Gasteiger partial charge in [0.2, 0.25) is 0 Å². The number of hydrogen-bond donors (Lipinski definition) is 2. The van der Waals surface area contributed by atoms with Crippen LogP contribution in [-0.2, 0) is 42.2 Å². The van der Waals surface area contributed by atoms with E-state index in [1.807, 2.05) is 12.2 Å². The minimum absolute atomic E-state index is 0.0554. The van der Waals surface area contributed by atoms with Gasteiger partial charge in [0.25, 0.3) is 0 Å². The second-order valence-corrected chi connectivity index (χ2v) is 22.7. The van der Waals surface area contributed by atoms with Crippen LogP contribution in [0.25, 0.3) is 0 Å². The van der Waals surface area contributed by atoms with Crippen LogP contribution in [0.4, 0.5) is 0 Å². The lowest BCUT2D eigenvalue weighted by molar-refractivity contribution is -0.161. The van der Waals surface area contributed by atoms with E-state index >= 15 is 0 Å². The Hall–Kier alpha value is -3.08. The number of esters is 3. The van der Waals surface area contributed by atoms with E-state index in [0.717, 1.165) is 77.0 Å². The van der Waals surface area contributed by atoms with Crippen LogP contribution >= 0.6 is 7.82 Å². The van der Waals surface area contributed by atoms with Crippen LogP contribution in [0.1, 0.15) is 290 Å². The van der Waals surface area contributed by atoms with Gasteiger partial charge in [-0.05, 0) is 77.0 Å². The van der Waals surface area contributed by atoms with Crippen molar-refractivity contribution in [2.24, 2.45) is 0 Å². The summed E-state index contributed by atoms with van der Waals surface area (Å²) in [5, 5.41) is 9.81. The predicted octanol–water partition coefficient (Wildman–Crippen LogP) is 19.3. The number of aliphatic hydroxyl groups is 1. The average molecular weight is 1120 g/mol. The Morgan fingerprint density at radius 3 is 1.13 bits per heavy atom. The highest BCUT2D eigenvalue weighted by Gasteiger charge is 2.28. The third-order valence-electron chi connectivity index (χ3n) is 13.6. The Labute approximate surface area is 478 Å². The number of aliphatic hydroxyl groups excluding tert-OH is 1. The van der Waals surface area contributed by atoms with Gasteiger partial charge in [-0.25, -0.2) is 4.57 Å². The van der Waals surface area contributed by atoms with Crippen LogP contribution in [0.3, 0.4) is 0 Å². The third-order valence-corrected chi connectivity index (χ3v) is 14.6. The zero-order chi connectivity index (χ0) is 56.9. The van der Waals surface area contributed by atoms with Gasteiger partial charge in [-0.2, -0.15) is 0 Å². The van der Waals surface area contributed by atoms with Crippen LogP contribution in [0.5, 0.6) is 0 Å². The van der Waals surface area contributed by atoms with Gasteiger partial charge in [0.05, 0.1) is 19.8 Å². The number of phosphoric ester groups is 1. The summed E-state index contributed by atoms with van der Waals surface area (Å²) >= 11 is 0. The van der Waals surface area contributed by atoms with E-state index in [-0.39, 0.29) is 25.9 Å². The van der Waals surface area contributed by atoms with Crippen LogP contribution in [0, 0.1) is 0 Å². The van der Waals surface area contributed by atoms with Crippen molar-refractivity contribution in [2.75, 3.05) is 26.4 Å². The second kappa shape index (κ2) is 60.0. The van der Waals surface area contributed by atoms with Crippen molar-refractivity contribution in [1.29, 1.82) is 0 Å². The fourth-order valence-corrected chi connectivity index (χ4v) is 9.60. The first-order valence-electron chi connectivity index (χ1n) is 31.8. The average Bonchev–Trinajstić information content (AvgIpc) is 3.43. The molecule has 0 aromatic rings. The second-order valence-electron chi connectivity index (χ2n) is 21.2. The monoisotopic (exact) mass is 1120 g/mol. The molecule has 452 valence electrons. The topological polar surface area (TPSA) is 155 Å². The van der Waals surface area contributed by atoms with Crippen molar-refractivity contribution in [3.8, 4) is 0 Å². The quantitative estimate of drug-likeness (QED) is 0.0197. The maximum Gasteiger partial charge on any atom is 0.472 e. The lowest BCUT2D eigenvalue weighted by Crippen LogP contribution is -2.30. The number of phosphoric acid groups is 1. The molecule has 0 aliphatic carbocycles. The van der Waals surface area contributed by atoms with Crippen molar-refractivity contribution >= 4 is 25.7 Å². The first-order valence-corrected chi connectivity index (χ1v) is 33.3. The Bertz CT molecular complexity index is 1590. The van der Waals surface area contributed by atoms with Crippen molar-refractivity contribution < 1.29 is 52.2 Å². The van der Waals surface area contributed by atoms with Gasteiger partial charge in [-0.1, -0.05) is 267 Å². The molecule has 0 aromatic carbocycles. The molecular formula is C66H117O11P. The molecule has 78 heavy (non-hydrogen) atoms. The molecule has 0 bridgehead atoms. The van der Waals surface area contributed by atoms with E-state index < -0.39 is 57.8 Å². The predicted molar refractivity (Wildman–Crippen MR) is 325 cm³/mol. The molecule has 0 aromatic heterocycles. The molecule has 0 rings (SSSR count). The Kier molecular flexibility index (Phi) is 57.7. The van der Waals surface area contributed by atoms with E-state index in [1.54, 1.807) is 0 Å². The largest absolute Gasteiger partial charge is 0.472 e. The van der Waals surface area contributed by atoms with Gasteiger partial charge in [0, 0.05) is 19.3 Å². The number of hydrogen-bond acceptors (Lipinski definition) is 10. The maximum atomic E-state index is 13.0. The van der Waals surface area contributed by atoms with Gasteiger partial charge in [-0.15, -0.1) is 0 Å². The molecule has 2 N–H and O–H groups in total.